The summed E-state index contributed by atoms with van der Waals surface area (Å²) in [7, 11) is 1.91. The van der Waals surface area contributed by atoms with Crippen LogP contribution in [0.25, 0.3) is 0 Å². The van der Waals surface area contributed by atoms with Crippen LogP contribution in [0.2, 0.25) is 0 Å². The Labute approximate surface area is 134 Å². The number of unbranched alkanes of at least 4 members (excludes halogenated alkanes) is 1. The van der Waals surface area contributed by atoms with E-state index in [4.69, 9.17) is 0 Å². The number of aliphatic hydroxyl groups excluding tert-OH is 1. The smallest absolute Gasteiger partial charge is 0.0667 e. The van der Waals surface area contributed by atoms with Crippen molar-refractivity contribution in [3.8, 4) is 0 Å². The second kappa shape index (κ2) is 10.6. The molecule has 4 atom stereocenters. The Balaban J connectivity index is 4.29. The largest absolute Gasteiger partial charge is 0.392 e. The SMILES string of the molecule is CCC(C)CCCC[C@@H](C)[C@@H](CC(O)CNC)C(C)(C)C. The molecule has 21 heavy (non-hydrogen) atoms. The van der Waals surface area contributed by atoms with Crippen molar-refractivity contribution >= 4 is 0 Å². The number of rotatable bonds is 11. The predicted octanol–water partition coefficient (Wildman–Crippen LogP) is 4.86. The molecule has 0 aliphatic carbocycles. The van der Waals surface area contributed by atoms with E-state index in [1.54, 1.807) is 0 Å². The lowest BCUT2D eigenvalue weighted by Crippen LogP contribution is -2.34. The van der Waals surface area contributed by atoms with Gasteiger partial charge in [0.1, 0.15) is 0 Å². The number of aliphatic hydroxyl groups is 1. The first-order chi connectivity index (χ1) is 9.72. The van der Waals surface area contributed by atoms with Gasteiger partial charge in [0.05, 0.1) is 6.10 Å². The Morgan fingerprint density at radius 1 is 1.05 bits per heavy atom. The molecule has 0 amide bonds. The van der Waals surface area contributed by atoms with Crippen molar-refractivity contribution < 1.29 is 5.11 Å². The first-order valence-corrected chi connectivity index (χ1v) is 9.05. The molecule has 2 N–H and O–H groups in total. The lowest BCUT2D eigenvalue weighted by molar-refractivity contribution is 0.0693. The molecule has 0 bridgehead atoms. The van der Waals surface area contributed by atoms with Gasteiger partial charge in [-0.2, -0.15) is 0 Å². The molecule has 0 rings (SSSR count). The van der Waals surface area contributed by atoms with Crippen molar-refractivity contribution in [3.05, 3.63) is 0 Å². The highest BCUT2D eigenvalue weighted by Crippen LogP contribution is 2.38. The number of nitrogens with one attached hydrogen (secondary N) is 1. The van der Waals surface area contributed by atoms with Crippen molar-refractivity contribution in [2.24, 2.45) is 23.2 Å². The zero-order valence-electron chi connectivity index (χ0n) is 15.7. The lowest BCUT2D eigenvalue weighted by Gasteiger charge is -2.37. The van der Waals surface area contributed by atoms with Gasteiger partial charge in [-0.3, -0.25) is 0 Å². The Hall–Kier alpha value is -0.0800. The molecule has 2 heteroatoms. The monoisotopic (exact) mass is 299 g/mol. The zero-order valence-corrected chi connectivity index (χ0v) is 15.7. The molecule has 0 aliphatic rings. The van der Waals surface area contributed by atoms with Gasteiger partial charge in [0.2, 0.25) is 0 Å². The fourth-order valence-corrected chi connectivity index (χ4v) is 3.42. The summed E-state index contributed by atoms with van der Waals surface area (Å²) in [4.78, 5) is 0. The fraction of sp³-hybridized carbons (Fsp3) is 1.00. The average Bonchev–Trinajstić information content (AvgIpc) is 2.39. The Bertz CT molecular complexity index is 246. The van der Waals surface area contributed by atoms with Gasteiger partial charge in [-0.15, -0.1) is 0 Å². The minimum absolute atomic E-state index is 0.221. The van der Waals surface area contributed by atoms with E-state index in [0.717, 1.165) is 12.3 Å². The van der Waals surface area contributed by atoms with Crippen LogP contribution in [0, 0.1) is 23.2 Å². The summed E-state index contributed by atoms with van der Waals surface area (Å²) in [5.74, 6) is 2.15. The van der Waals surface area contributed by atoms with Crippen LogP contribution in [0.4, 0.5) is 0 Å². The molecule has 0 heterocycles. The molecule has 0 spiro atoms. The van der Waals surface area contributed by atoms with Crippen LogP contribution in [0.3, 0.4) is 0 Å². The van der Waals surface area contributed by atoms with Crippen LogP contribution in [-0.4, -0.2) is 24.8 Å². The van der Waals surface area contributed by atoms with E-state index in [1.165, 1.54) is 32.1 Å². The second-order valence-corrected chi connectivity index (χ2v) is 8.19. The van der Waals surface area contributed by atoms with Gasteiger partial charge < -0.3 is 10.4 Å². The Morgan fingerprint density at radius 3 is 2.10 bits per heavy atom. The van der Waals surface area contributed by atoms with E-state index in [-0.39, 0.29) is 11.5 Å². The molecule has 0 aliphatic heterocycles. The van der Waals surface area contributed by atoms with Gasteiger partial charge >= 0.3 is 0 Å². The summed E-state index contributed by atoms with van der Waals surface area (Å²) in [6.45, 7) is 14.7. The highest BCUT2D eigenvalue weighted by atomic mass is 16.3. The van der Waals surface area contributed by atoms with E-state index in [0.29, 0.717) is 18.4 Å². The molecule has 0 fully saturated rings. The topological polar surface area (TPSA) is 32.3 Å². The standard InChI is InChI=1S/C19H41NO/c1-8-15(2)11-9-10-12-16(3)18(19(4,5)6)13-17(21)14-20-7/h15-18,20-21H,8-14H2,1-7H3/t15?,16-,17?,18-/m1/s1. The lowest BCUT2D eigenvalue weighted by atomic mass is 9.69. The van der Waals surface area contributed by atoms with Crippen LogP contribution in [0.15, 0.2) is 0 Å². The molecule has 0 aromatic heterocycles. The maximum absolute atomic E-state index is 10.1. The molecule has 128 valence electrons. The van der Waals surface area contributed by atoms with Gasteiger partial charge in [-0.25, -0.2) is 0 Å². The van der Waals surface area contributed by atoms with Gasteiger partial charge in [0, 0.05) is 6.54 Å². The molecule has 0 radical (unpaired) electrons. The third-order valence-electron chi connectivity index (χ3n) is 5.07. The fourth-order valence-electron chi connectivity index (χ4n) is 3.42. The van der Waals surface area contributed by atoms with Crippen molar-refractivity contribution in [1.29, 1.82) is 0 Å². The van der Waals surface area contributed by atoms with Crippen LogP contribution in [-0.2, 0) is 0 Å². The summed E-state index contributed by atoms with van der Waals surface area (Å²) in [6, 6.07) is 0. The van der Waals surface area contributed by atoms with Crippen molar-refractivity contribution in [1.82, 2.24) is 5.32 Å². The highest BCUT2D eigenvalue weighted by molar-refractivity contribution is 4.81. The number of hydrogen-bond acceptors (Lipinski definition) is 2. The normalized spacial score (nSPS) is 18.3. The summed E-state index contributed by atoms with van der Waals surface area (Å²) >= 11 is 0. The molecular formula is C19H41NO. The molecule has 0 aromatic carbocycles. The third kappa shape index (κ3) is 9.52. The molecule has 0 aromatic rings. The molecular weight excluding hydrogens is 258 g/mol. The quantitative estimate of drug-likeness (QED) is 0.534. The summed E-state index contributed by atoms with van der Waals surface area (Å²) in [6.07, 6.45) is 7.35. The zero-order chi connectivity index (χ0) is 16.5. The summed E-state index contributed by atoms with van der Waals surface area (Å²) in [5, 5.41) is 13.2. The molecule has 0 saturated carbocycles. The predicted molar refractivity (Wildman–Crippen MR) is 94.6 cm³/mol. The van der Waals surface area contributed by atoms with Gasteiger partial charge in [-0.05, 0) is 36.6 Å². The van der Waals surface area contributed by atoms with Crippen molar-refractivity contribution in [2.45, 2.75) is 86.2 Å². The van der Waals surface area contributed by atoms with Crippen molar-refractivity contribution in [3.63, 3.8) is 0 Å². The van der Waals surface area contributed by atoms with Crippen LogP contribution in [0.1, 0.15) is 80.1 Å². The average molecular weight is 300 g/mol. The first-order valence-electron chi connectivity index (χ1n) is 9.05. The molecule has 2 unspecified atom stereocenters. The van der Waals surface area contributed by atoms with Gasteiger partial charge in [0.15, 0.2) is 0 Å². The first kappa shape index (κ1) is 20.9. The molecule has 2 nitrogen and oxygen atoms in total. The number of hydrogen-bond donors (Lipinski definition) is 2. The van der Waals surface area contributed by atoms with E-state index < -0.39 is 0 Å². The van der Waals surface area contributed by atoms with E-state index in [9.17, 15) is 5.11 Å². The van der Waals surface area contributed by atoms with Gasteiger partial charge in [-0.1, -0.05) is 73.6 Å². The Kier molecular flexibility index (Phi) is 10.6. The van der Waals surface area contributed by atoms with E-state index >= 15 is 0 Å². The van der Waals surface area contributed by atoms with Crippen LogP contribution in [0.5, 0.6) is 0 Å². The maximum Gasteiger partial charge on any atom is 0.0667 e. The Morgan fingerprint density at radius 2 is 1.62 bits per heavy atom. The summed E-state index contributed by atoms with van der Waals surface area (Å²) in [5.41, 5.74) is 0.269. The number of likely N-dealkylation sites (N-methyl/N-ethyl adjacent to an activating group) is 1. The van der Waals surface area contributed by atoms with Gasteiger partial charge in [0.25, 0.3) is 0 Å². The maximum atomic E-state index is 10.1. The summed E-state index contributed by atoms with van der Waals surface area (Å²) < 4.78 is 0. The molecule has 0 saturated heterocycles. The van der Waals surface area contributed by atoms with E-state index in [1.807, 2.05) is 7.05 Å². The minimum Gasteiger partial charge on any atom is -0.392 e. The third-order valence-corrected chi connectivity index (χ3v) is 5.07. The van der Waals surface area contributed by atoms with Crippen molar-refractivity contribution in [2.75, 3.05) is 13.6 Å². The van der Waals surface area contributed by atoms with Crippen LogP contribution >= 0.6 is 0 Å². The van der Waals surface area contributed by atoms with E-state index in [2.05, 4.69) is 46.9 Å². The highest BCUT2D eigenvalue weighted by Gasteiger charge is 2.31. The van der Waals surface area contributed by atoms with Crippen LogP contribution < -0.4 is 5.32 Å². The minimum atomic E-state index is -0.221. The second-order valence-electron chi connectivity index (χ2n) is 8.19.